The van der Waals surface area contributed by atoms with Crippen molar-refractivity contribution in [2.24, 2.45) is 13.0 Å². The van der Waals surface area contributed by atoms with Crippen LogP contribution < -0.4 is 20.9 Å². The Balaban J connectivity index is 1.71. The molecule has 2 aromatic carbocycles. The number of fused-ring (bicyclic) bond motifs is 3. The van der Waals surface area contributed by atoms with E-state index in [9.17, 15) is 14.0 Å². The second-order valence-electron chi connectivity index (χ2n) is 8.54. The van der Waals surface area contributed by atoms with Gasteiger partial charge in [0.15, 0.2) is 11.2 Å². The fraction of sp³-hybridized carbons (Fsp3) is 0.292. The van der Waals surface area contributed by atoms with E-state index in [1.807, 2.05) is 33.7 Å². The SMILES string of the molecule is COc1ccc(N2C[C@H](C)Cn3c2nc2c3c(=O)n(Cc3c(F)cccc3Cl)c(=O)n2C)cc1. The fourth-order valence-electron chi connectivity index (χ4n) is 4.47. The molecule has 0 radical (unpaired) electrons. The van der Waals surface area contributed by atoms with Crippen LogP contribution in [0.2, 0.25) is 5.02 Å². The van der Waals surface area contributed by atoms with E-state index in [4.69, 9.17) is 21.3 Å². The van der Waals surface area contributed by atoms with Crippen molar-refractivity contribution >= 4 is 34.4 Å². The van der Waals surface area contributed by atoms with Gasteiger partial charge in [-0.15, -0.1) is 0 Å². The van der Waals surface area contributed by atoms with Crippen LogP contribution in [-0.2, 0) is 20.1 Å². The smallest absolute Gasteiger partial charge is 0.332 e. The van der Waals surface area contributed by atoms with Crippen LogP contribution in [-0.4, -0.2) is 32.3 Å². The van der Waals surface area contributed by atoms with Gasteiger partial charge in [-0.2, -0.15) is 4.98 Å². The minimum atomic E-state index is -0.587. The monoisotopic (exact) mass is 483 g/mol. The van der Waals surface area contributed by atoms with Gasteiger partial charge in [0.2, 0.25) is 5.95 Å². The number of methoxy groups -OCH3 is 1. The van der Waals surface area contributed by atoms with Crippen molar-refractivity contribution in [3.05, 3.63) is 79.7 Å². The van der Waals surface area contributed by atoms with Crippen LogP contribution in [0.3, 0.4) is 0 Å². The Kier molecular flexibility index (Phi) is 5.44. The maximum atomic E-state index is 14.4. The summed E-state index contributed by atoms with van der Waals surface area (Å²) < 4.78 is 23.9. The molecule has 0 saturated carbocycles. The lowest BCUT2D eigenvalue weighted by Gasteiger charge is -2.33. The number of anilines is 2. The molecule has 0 fully saturated rings. The molecule has 176 valence electrons. The van der Waals surface area contributed by atoms with Crippen LogP contribution >= 0.6 is 11.6 Å². The Morgan fingerprint density at radius 1 is 1.15 bits per heavy atom. The van der Waals surface area contributed by atoms with Crippen LogP contribution in [0.5, 0.6) is 5.75 Å². The van der Waals surface area contributed by atoms with Crippen LogP contribution in [0.4, 0.5) is 16.0 Å². The second-order valence-corrected chi connectivity index (χ2v) is 8.95. The van der Waals surface area contributed by atoms with Gasteiger partial charge in [-0.1, -0.05) is 24.6 Å². The predicted molar refractivity (Wildman–Crippen MR) is 129 cm³/mol. The van der Waals surface area contributed by atoms with Gasteiger partial charge in [0, 0.05) is 36.4 Å². The molecule has 1 aliphatic heterocycles. The van der Waals surface area contributed by atoms with E-state index in [0.29, 0.717) is 24.6 Å². The van der Waals surface area contributed by atoms with E-state index in [0.717, 1.165) is 16.0 Å². The number of imidazole rings is 1. The van der Waals surface area contributed by atoms with E-state index in [-0.39, 0.29) is 28.7 Å². The van der Waals surface area contributed by atoms with Crippen LogP contribution in [0.15, 0.2) is 52.1 Å². The first-order valence-corrected chi connectivity index (χ1v) is 11.2. The zero-order chi connectivity index (χ0) is 24.1. The molecule has 0 saturated heterocycles. The molecule has 3 heterocycles. The lowest BCUT2D eigenvalue weighted by Crippen LogP contribution is -2.40. The standard InChI is InChI=1S/C24H23ClFN5O3/c1-14-11-29(15-7-9-16(34-3)10-8-15)23-27-21-20(30(23)12-14)22(32)31(24(33)28(21)2)13-17-18(25)5-4-6-19(17)26/h4-10,14H,11-13H2,1-3H3/t14-/m0/s1. The summed E-state index contributed by atoms with van der Waals surface area (Å²) in [4.78, 5) is 33.4. The third kappa shape index (κ3) is 3.47. The minimum absolute atomic E-state index is 0.0920. The molecule has 34 heavy (non-hydrogen) atoms. The lowest BCUT2D eigenvalue weighted by molar-refractivity contribution is 0.414. The first kappa shape index (κ1) is 22.2. The summed E-state index contributed by atoms with van der Waals surface area (Å²) in [5.41, 5.74) is 0.459. The Labute approximate surface area is 199 Å². The van der Waals surface area contributed by atoms with Crippen molar-refractivity contribution < 1.29 is 9.13 Å². The lowest BCUT2D eigenvalue weighted by atomic mass is 10.1. The summed E-state index contributed by atoms with van der Waals surface area (Å²) in [5.74, 6) is 0.945. The summed E-state index contributed by atoms with van der Waals surface area (Å²) in [5, 5.41) is 0.156. The maximum absolute atomic E-state index is 14.4. The summed E-state index contributed by atoms with van der Waals surface area (Å²) >= 11 is 6.17. The third-order valence-corrected chi connectivity index (χ3v) is 6.56. The maximum Gasteiger partial charge on any atom is 0.332 e. The van der Waals surface area contributed by atoms with Gasteiger partial charge in [0.1, 0.15) is 11.6 Å². The van der Waals surface area contributed by atoms with E-state index in [1.165, 1.54) is 22.8 Å². The van der Waals surface area contributed by atoms with Crippen LogP contribution in [0.25, 0.3) is 11.2 Å². The van der Waals surface area contributed by atoms with E-state index in [2.05, 4.69) is 6.92 Å². The van der Waals surface area contributed by atoms with Gasteiger partial charge in [-0.3, -0.25) is 13.9 Å². The molecule has 5 rings (SSSR count). The van der Waals surface area contributed by atoms with E-state index >= 15 is 0 Å². The number of halogens is 2. The number of benzene rings is 2. The number of ether oxygens (including phenoxy) is 1. The van der Waals surface area contributed by atoms with Crippen LogP contribution in [0.1, 0.15) is 12.5 Å². The number of hydrogen-bond donors (Lipinski definition) is 0. The highest BCUT2D eigenvalue weighted by atomic mass is 35.5. The topological polar surface area (TPSA) is 74.3 Å². The van der Waals surface area contributed by atoms with E-state index < -0.39 is 17.1 Å². The molecule has 4 aromatic rings. The molecule has 1 aliphatic rings. The highest BCUT2D eigenvalue weighted by molar-refractivity contribution is 6.31. The van der Waals surface area contributed by atoms with Gasteiger partial charge in [0.05, 0.1) is 13.7 Å². The highest BCUT2D eigenvalue weighted by Crippen LogP contribution is 2.33. The molecule has 10 heteroatoms. The Hall–Kier alpha value is -3.59. The molecule has 1 atom stereocenters. The van der Waals surface area contributed by atoms with Gasteiger partial charge in [-0.25, -0.2) is 9.18 Å². The van der Waals surface area contributed by atoms with Gasteiger partial charge < -0.3 is 14.2 Å². The second kappa shape index (κ2) is 8.32. The number of aryl methyl sites for hydroxylation is 1. The largest absolute Gasteiger partial charge is 0.497 e. The van der Waals surface area contributed by atoms with Crippen molar-refractivity contribution in [1.82, 2.24) is 18.7 Å². The van der Waals surface area contributed by atoms with Gasteiger partial charge >= 0.3 is 5.69 Å². The van der Waals surface area contributed by atoms with Crippen molar-refractivity contribution in [3.63, 3.8) is 0 Å². The molecule has 0 amide bonds. The molecule has 0 aliphatic carbocycles. The molecular weight excluding hydrogens is 461 g/mol. The van der Waals surface area contributed by atoms with Crippen LogP contribution in [0, 0.1) is 11.7 Å². The summed E-state index contributed by atoms with van der Waals surface area (Å²) in [6.07, 6.45) is 0. The average Bonchev–Trinajstić information content (AvgIpc) is 3.21. The first-order chi connectivity index (χ1) is 16.3. The number of hydrogen-bond acceptors (Lipinski definition) is 5. The quantitative estimate of drug-likeness (QED) is 0.444. The molecule has 0 bridgehead atoms. The summed E-state index contributed by atoms with van der Waals surface area (Å²) in [6.45, 7) is 3.07. The highest BCUT2D eigenvalue weighted by Gasteiger charge is 2.30. The zero-order valence-corrected chi connectivity index (χ0v) is 19.7. The average molecular weight is 484 g/mol. The fourth-order valence-corrected chi connectivity index (χ4v) is 4.69. The first-order valence-electron chi connectivity index (χ1n) is 10.8. The molecular formula is C24H23ClFN5O3. The molecule has 0 unspecified atom stereocenters. The minimum Gasteiger partial charge on any atom is -0.497 e. The van der Waals surface area contributed by atoms with E-state index in [1.54, 1.807) is 14.2 Å². The molecule has 0 spiro atoms. The number of aromatic nitrogens is 4. The molecule has 2 aromatic heterocycles. The Morgan fingerprint density at radius 2 is 1.88 bits per heavy atom. The number of nitrogens with zero attached hydrogens (tertiary/aromatic N) is 5. The van der Waals surface area contributed by atoms with Gasteiger partial charge in [-0.05, 0) is 42.3 Å². The molecule has 8 nitrogen and oxygen atoms in total. The van der Waals surface area contributed by atoms with Crippen molar-refractivity contribution in [2.45, 2.75) is 20.0 Å². The third-order valence-electron chi connectivity index (χ3n) is 6.20. The van der Waals surface area contributed by atoms with Crippen molar-refractivity contribution in [3.8, 4) is 5.75 Å². The normalized spacial score (nSPS) is 15.6. The summed E-state index contributed by atoms with van der Waals surface area (Å²) in [6, 6.07) is 11.8. The van der Waals surface area contributed by atoms with Gasteiger partial charge in [0.25, 0.3) is 5.56 Å². The number of rotatable bonds is 4. The van der Waals surface area contributed by atoms with Crippen molar-refractivity contribution in [2.75, 3.05) is 18.6 Å². The van der Waals surface area contributed by atoms with Crippen molar-refractivity contribution in [1.29, 1.82) is 0 Å². The Bertz CT molecular complexity index is 1500. The Morgan fingerprint density at radius 3 is 2.56 bits per heavy atom. The zero-order valence-electron chi connectivity index (χ0n) is 19.0. The molecule has 0 N–H and O–H groups in total. The summed E-state index contributed by atoms with van der Waals surface area (Å²) in [7, 11) is 3.17. The predicted octanol–water partition coefficient (Wildman–Crippen LogP) is 3.53.